The lowest BCUT2D eigenvalue weighted by Crippen LogP contribution is -2.44. The number of oxazole rings is 1. The SMILES string of the molecule is Cc1nc2ccc(C3=C\C(=O)N4C=C(N5CCN(C)CC5)C=C\C4=C/C=C/3)cc2o1. The van der Waals surface area contributed by atoms with E-state index in [9.17, 15) is 4.79 Å². The van der Waals surface area contributed by atoms with Crippen molar-refractivity contribution in [1.82, 2.24) is 19.7 Å². The molecule has 0 saturated carbocycles. The molecular formula is C24H24N4O2. The fraction of sp³-hybridized carbons (Fsp3) is 0.250. The van der Waals surface area contributed by atoms with Gasteiger partial charge in [0.1, 0.15) is 5.52 Å². The number of aromatic nitrogens is 1. The van der Waals surface area contributed by atoms with Gasteiger partial charge < -0.3 is 14.2 Å². The van der Waals surface area contributed by atoms with Crippen molar-refractivity contribution in [3.05, 3.63) is 83.7 Å². The molecule has 30 heavy (non-hydrogen) atoms. The summed E-state index contributed by atoms with van der Waals surface area (Å²) in [5.74, 6) is 0.570. The van der Waals surface area contributed by atoms with Crippen LogP contribution in [0.15, 0.2) is 76.7 Å². The second-order valence-electron chi connectivity index (χ2n) is 7.85. The molecule has 1 aromatic carbocycles. The standard InChI is InChI=1S/C24H24N4O2/c1-17-25-22-9-6-19(14-23(22)30-17)18-4-3-5-20-7-8-21(16-28(20)24(29)15-18)27-12-10-26(2)11-13-27/h3-9,14-16H,10-13H2,1-2H3/b4-3+,18-15+,20-5+. The van der Waals surface area contributed by atoms with E-state index in [0.717, 1.165) is 59.8 Å². The van der Waals surface area contributed by atoms with Gasteiger partial charge in [-0.05, 0) is 48.5 Å². The molecule has 5 rings (SSSR count). The lowest BCUT2D eigenvalue weighted by molar-refractivity contribution is -0.122. The van der Waals surface area contributed by atoms with Crippen LogP contribution in [0.4, 0.5) is 0 Å². The van der Waals surface area contributed by atoms with Crippen LogP contribution in [-0.2, 0) is 4.79 Å². The minimum atomic E-state index is -0.0644. The Bertz CT molecular complexity index is 1160. The van der Waals surface area contributed by atoms with Crippen LogP contribution in [0.3, 0.4) is 0 Å². The fourth-order valence-corrected chi connectivity index (χ4v) is 3.98. The quantitative estimate of drug-likeness (QED) is 0.773. The highest BCUT2D eigenvalue weighted by molar-refractivity contribution is 6.00. The van der Waals surface area contributed by atoms with E-state index < -0.39 is 0 Å². The number of carbonyl (C=O) groups is 1. The predicted octanol–water partition coefficient (Wildman–Crippen LogP) is 3.46. The van der Waals surface area contributed by atoms with Crippen LogP contribution in [0.5, 0.6) is 0 Å². The molecule has 0 atom stereocenters. The smallest absolute Gasteiger partial charge is 0.255 e. The van der Waals surface area contributed by atoms with Crippen molar-refractivity contribution in [3.8, 4) is 0 Å². The normalized spacial score (nSPS) is 24.5. The average Bonchev–Trinajstić information content (AvgIpc) is 3.11. The molecule has 2 aromatic rings. The highest BCUT2D eigenvalue weighted by atomic mass is 16.3. The number of hydrogen-bond donors (Lipinski definition) is 0. The monoisotopic (exact) mass is 400 g/mol. The number of carbonyl (C=O) groups excluding carboxylic acids is 1. The number of amides is 1. The molecule has 1 aromatic heterocycles. The Balaban J connectivity index is 1.46. The third-order valence-electron chi connectivity index (χ3n) is 5.72. The van der Waals surface area contributed by atoms with Crippen molar-refractivity contribution in [2.75, 3.05) is 33.2 Å². The van der Waals surface area contributed by atoms with Crippen molar-refractivity contribution < 1.29 is 9.21 Å². The molecule has 152 valence electrons. The molecule has 0 N–H and O–H groups in total. The Morgan fingerprint density at radius 3 is 2.67 bits per heavy atom. The van der Waals surface area contributed by atoms with Gasteiger partial charge >= 0.3 is 0 Å². The van der Waals surface area contributed by atoms with Crippen LogP contribution in [0.25, 0.3) is 16.7 Å². The van der Waals surface area contributed by atoms with Gasteiger partial charge in [0.2, 0.25) is 0 Å². The zero-order valence-electron chi connectivity index (χ0n) is 17.2. The second-order valence-corrected chi connectivity index (χ2v) is 7.85. The van der Waals surface area contributed by atoms with E-state index in [2.05, 4.69) is 27.9 Å². The van der Waals surface area contributed by atoms with Crippen molar-refractivity contribution in [1.29, 1.82) is 0 Å². The van der Waals surface area contributed by atoms with E-state index in [0.29, 0.717) is 5.89 Å². The molecule has 1 saturated heterocycles. The van der Waals surface area contributed by atoms with E-state index in [1.54, 1.807) is 11.0 Å². The third-order valence-corrected chi connectivity index (χ3v) is 5.72. The van der Waals surface area contributed by atoms with Gasteiger partial charge in [-0.1, -0.05) is 18.2 Å². The summed E-state index contributed by atoms with van der Waals surface area (Å²) in [6.45, 7) is 5.81. The van der Waals surface area contributed by atoms with Crippen LogP contribution < -0.4 is 0 Å². The number of hydrogen-bond acceptors (Lipinski definition) is 5. The highest BCUT2D eigenvalue weighted by Gasteiger charge is 2.22. The number of rotatable bonds is 2. The van der Waals surface area contributed by atoms with Gasteiger partial charge in [0.05, 0.1) is 5.70 Å². The maximum absolute atomic E-state index is 13.2. The van der Waals surface area contributed by atoms with Crippen LogP contribution in [0.1, 0.15) is 11.5 Å². The Hall–Kier alpha value is -3.38. The zero-order valence-corrected chi connectivity index (χ0v) is 17.2. The average molecular weight is 400 g/mol. The minimum Gasteiger partial charge on any atom is -0.441 e. The minimum absolute atomic E-state index is 0.0644. The summed E-state index contributed by atoms with van der Waals surface area (Å²) in [4.78, 5) is 23.9. The molecule has 3 aliphatic heterocycles. The van der Waals surface area contributed by atoms with Gasteiger partial charge in [-0.3, -0.25) is 9.69 Å². The summed E-state index contributed by atoms with van der Waals surface area (Å²) in [5, 5.41) is 0. The lowest BCUT2D eigenvalue weighted by atomic mass is 10.0. The van der Waals surface area contributed by atoms with Gasteiger partial charge in [0, 0.05) is 51.1 Å². The van der Waals surface area contributed by atoms with E-state index in [1.165, 1.54) is 0 Å². The maximum atomic E-state index is 13.2. The van der Waals surface area contributed by atoms with E-state index in [4.69, 9.17) is 4.42 Å². The van der Waals surface area contributed by atoms with Crippen molar-refractivity contribution in [3.63, 3.8) is 0 Å². The van der Waals surface area contributed by atoms with Gasteiger partial charge in [-0.25, -0.2) is 4.98 Å². The summed E-state index contributed by atoms with van der Waals surface area (Å²) in [5.41, 5.74) is 5.26. The first-order valence-corrected chi connectivity index (χ1v) is 10.2. The van der Waals surface area contributed by atoms with Crippen LogP contribution in [0.2, 0.25) is 0 Å². The summed E-state index contributed by atoms with van der Waals surface area (Å²) in [6.07, 6.45) is 13.7. The van der Waals surface area contributed by atoms with Crippen LogP contribution in [0, 0.1) is 6.92 Å². The van der Waals surface area contributed by atoms with Gasteiger partial charge in [0.25, 0.3) is 5.91 Å². The largest absolute Gasteiger partial charge is 0.441 e. The Morgan fingerprint density at radius 2 is 1.83 bits per heavy atom. The third kappa shape index (κ3) is 3.50. The molecule has 1 amide bonds. The van der Waals surface area contributed by atoms with Gasteiger partial charge in [0.15, 0.2) is 11.5 Å². The molecule has 3 aliphatic rings. The first-order valence-electron chi connectivity index (χ1n) is 10.2. The molecule has 6 nitrogen and oxygen atoms in total. The Morgan fingerprint density at radius 1 is 1.03 bits per heavy atom. The molecule has 1 fully saturated rings. The molecule has 4 heterocycles. The number of piperazine rings is 1. The van der Waals surface area contributed by atoms with Crippen LogP contribution >= 0.6 is 0 Å². The topological polar surface area (TPSA) is 52.8 Å². The maximum Gasteiger partial charge on any atom is 0.255 e. The van der Waals surface area contributed by atoms with Gasteiger partial charge in [-0.15, -0.1) is 0 Å². The zero-order chi connectivity index (χ0) is 20.7. The van der Waals surface area contributed by atoms with E-state index in [1.807, 2.05) is 55.6 Å². The number of allylic oxidation sites excluding steroid dienone is 6. The number of benzene rings is 1. The van der Waals surface area contributed by atoms with Crippen molar-refractivity contribution in [2.24, 2.45) is 0 Å². The first kappa shape index (κ1) is 18.6. The molecular weight excluding hydrogens is 376 g/mol. The molecule has 0 spiro atoms. The first-order chi connectivity index (χ1) is 14.6. The molecule has 6 heteroatoms. The molecule has 0 radical (unpaired) electrons. The van der Waals surface area contributed by atoms with Crippen LogP contribution in [-0.4, -0.2) is 58.8 Å². The Labute approximate surface area is 175 Å². The van der Waals surface area contributed by atoms with E-state index in [-0.39, 0.29) is 5.91 Å². The summed E-state index contributed by atoms with van der Waals surface area (Å²) >= 11 is 0. The summed E-state index contributed by atoms with van der Waals surface area (Å²) < 4.78 is 5.66. The Kier molecular flexibility index (Phi) is 4.64. The number of likely N-dealkylation sites (N-methyl/N-ethyl adjacent to an activating group) is 1. The predicted molar refractivity (Wildman–Crippen MR) is 117 cm³/mol. The van der Waals surface area contributed by atoms with Crippen molar-refractivity contribution >= 4 is 22.6 Å². The fourth-order valence-electron chi connectivity index (χ4n) is 3.98. The molecule has 0 bridgehead atoms. The van der Waals surface area contributed by atoms with Gasteiger partial charge in [-0.2, -0.15) is 0 Å². The summed E-state index contributed by atoms with van der Waals surface area (Å²) in [6, 6.07) is 5.84. The van der Waals surface area contributed by atoms with Crippen molar-refractivity contribution in [2.45, 2.75) is 6.92 Å². The second kappa shape index (κ2) is 7.46. The number of aryl methyl sites for hydroxylation is 1. The number of fused-ring (bicyclic) bond motifs is 2. The summed E-state index contributed by atoms with van der Waals surface area (Å²) in [7, 11) is 2.14. The number of nitrogens with zero attached hydrogens (tertiary/aromatic N) is 4. The molecule has 0 aliphatic carbocycles. The molecule has 0 unspecified atom stereocenters. The lowest BCUT2D eigenvalue weighted by Gasteiger charge is -2.36. The highest BCUT2D eigenvalue weighted by Crippen LogP contribution is 2.27. The van der Waals surface area contributed by atoms with E-state index >= 15 is 0 Å².